The first-order chi connectivity index (χ1) is 10.8. The molecule has 0 N–H and O–H groups in total. The summed E-state index contributed by atoms with van der Waals surface area (Å²) in [6.45, 7) is 2.76. The molecule has 0 unspecified atom stereocenters. The van der Waals surface area contributed by atoms with Crippen LogP contribution in [0.15, 0.2) is 51.6 Å². The standard InChI is InChI=1S/C16H14N4O2/c1-11-17-12-5-2-3-6-13(12)20(11)9-8-15-18-16(22-19-15)14-7-4-10-21-14/h2-7,10H,8-9H2,1H3. The largest absolute Gasteiger partial charge is 0.459 e. The van der Waals surface area contributed by atoms with E-state index in [1.807, 2.05) is 25.1 Å². The Kier molecular flexibility index (Phi) is 3.00. The van der Waals surface area contributed by atoms with Crippen LogP contribution in [0.3, 0.4) is 0 Å². The number of hydrogen-bond donors (Lipinski definition) is 0. The maximum Gasteiger partial charge on any atom is 0.293 e. The summed E-state index contributed by atoms with van der Waals surface area (Å²) in [5.74, 6) is 2.63. The van der Waals surface area contributed by atoms with Crippen LogP contribution in [0, 0.1) is 6.92 Å². The fourth-order valence-electron chi connectivity index (χ4n) is 2.55. The van der Waals surface area contributed by atoms with E-state index in [-0.39, 0.29) is 0 Å². The third-order valence-electron chi connectivity index (χ3n) is 3.60. The highest BCUT2D eigenvalue weighted by Gasteiger charge is 2.12. The molecule has 0 radical (unpaired) electrons. The van der Waals surface area contributed by atoms with Gasteiger partial charge < -0.3 is 13.5 Å². The summed E-state index contributed by atoms with van der Waals surface area (Å²) in [7, 11) is 0. The first-order valence-electron chi connectivity index (χ1n) is 7.09. The van der Waals surface area contributed by atoms with Gasteiger partial charge in [0.05, 0.1) is 17.3 Å². The van der Waals surface area contributed by atoms with Crippen LogP contribution in [0.25, 0.3) is 22.7 Å². The van der Waals surface area contributed by atoms with E-state index in [0.717, 1.165) is 23.4 Å². The van der Waals surface area contributed by atoms with Crippen molar-refractivity contribution in [2.75, 3.05) is 0 Å². The van der Waals surface area contributed by atoms with Crippen LogP contribution in [-0.2, 0) is 13.0 Å². The maximum absolute atomic E-state index is 5.25. The van der Waals surface area contributed by atoms with Gasteiger partial charge in [0.15, 0.2) is 11.6 Å². The van der Waals surface area contributed by atoms with Crippen LogP contribution in [0.1, 0.15) is 11.6 Å². The molecule has 3 aromatic heterocycles. The highest BCUT2D eigenvalue weighted by molar-refractivity contribution is 5.75. The molecule has 4 aromatic rings. The summed E-state index contributed by atoms with van der Waals surface area (Å²) < 4.78 is 12.6. The molecule has 0 aliphatic carbocycles. The molecule has 0 atom stereocenters. The number of nitrogens with zero attached hydrogens (tertiary/aromatic N) is 4. The summed E-state index contributed by atoms with van der Waals surface area (Å²) in [5, 5.41) is 4.00. The molecule has 22 heavy (non-hydrogen) atoms. The maximum atomic E-state index is 5.25. The van der Waals surface area contributed by atoms with E-state index >= 15 is 0 Å². The molecule has 3 heterocycles. The molecule has 0 amide bonds. The zero-order valence-electron chi connectivity index (χ0n) is 12.1. The third kappa shape index (κ3) is 2.18. The van der Waals surface area contributed by atoms with E-state index in [2.05, 4.69) is 25.8 Å². The second-order valence-electron chi connectivity index (χ2n) is 5.04. The van der Waals surface area contributed by atoms with E-state index in [9.17, 15) is 0 Å². The highest BCUT2D eigenvalue weighted by atomic mass is 16.5. The monoisotopic (exact) mass is 294 g/mol. The van der Waals surface area contributed by atoms with Crippen molar-refractivity contribution < 1.29 is 8.94 Å². The van der Waals surface area contributed by atoms with Gasteiger partial charge in [0.1, 0.15) is 5.82 Å². The molecule has 0 saturated carbocycles. The molecule has 6 nitrogen and oxygen atoms in total. The normalized spacial score (nSPS) is 11.3. The topological polar surface area (TPSA) is 69.9 Å². The van der Waals surface area contributed by atoms with Gasteiger partial charge in [0.25, 0.3) is 5.89 Å². The van der Waals surface area contributed by atoms with Gasteiger partial charge in [-0.15, -0.1) is 0 Å². The van der Waals surface area contributed by atoms with E-state index in [1.54, 1.807) is 18.4 Å². The Morgan fingerprint density at radius 2 is 2.00 bits per heavy atom. The molecule has 4 rings (SSSR count). The van der Waals surface area contributed by atoms with E-state index < -0.39 is 0 Å². The van der Waals surface area contributed by atoms with Crippen LogP contribution in [0.4, 0.5) is 0 Å². The number of benzene rings is 1. The second-order valence-corrected chi connectivity index (χ2v) is 5.04. The highest BCUT2D eigenvalue weighted by Crippen LogP contribution is 2.19. The minimum atomic E-state index is 0.409. The molecule has 0 aliphatic heterocycles. The predicted molar refractivity (Wildman–Crippen MR) is 80.2 cm³/mol. The fraction of sp³-hybridized carbons (Fsp3) is 0.188. The zero-order valence-corrected chi connectivity index (χ0v) is 12.1. The van der Waals surface area contributed by atoms with Crippen LogP contribution >= 0.6 is 0 Å². The zero-order chi connectivity index (χ0) is 14.9. The lowest BCUT2D eigenvalue weighted by Crippen LogP contribution is -2.04. The van der Waals surface area contributed by atoms with Crippen molar-refractivity contribution in [1.29, 1.82) is 0 Å². The third-order valence-corrected chi connectivity index (χ3v) is 3.60. The summed E-state index contributed by atoms with van der Waals surface area (Å²) in [6.07, 6.45) is 2.26. The first-order valence-corrected chi connectivity index (χ1v) is 7.09. The minimum Gasteiger partial charge on any atom is -0.459 e. The number of aromatic nitrogens is 4. The van der Waals surface area contributed by atoms with Gasteiger partial charge in [-0.05, 0) is 31.2 Å². The Hall–Kier alpha value is -2.89. The van der Waals surface area contributed by atoms with Crippen molar-refractivity contribution in [1.82, 2.24) is 19.7 Å². The van der Waals surface area contributed by atoms with Gasteiger partial charge in [-0.25, -0.2) is 4.98 Å². The molecule has 0 spiro atoms. The minimum absolute atomic E-state index is 0.409. The van der Waals surface area contributed by atoms with Crippen molar-refractivity contribution in [3.8, 4) is 11.7 Å². The smallest absolute Gasteiger partial charge is 0.293 e. The number of para-hydroxylation sites is 2. The van der Waals surface area contributed by atoms with Crippen molar-refractivity contribution in [3.05, 3.63) is 54.3 Å². The number of rotatable bonds is 4. The number of furan rings is 1. The lowest BCUT2D eigenvalue weighted by Gasteiger charge is -2.04. The SMILES string of the molecule is Cc1nc2ccccc2n1CCc1noc(-c2ccco2)n1. The van der Waals surface area contributed by atoms with Gasteiger partial charge in [0, 0.05) is 13.0 Å². The molecular formula is C16H14N4O2. The molecule has 0 bridgehead atoms. The summed E-state index contributed by atoms with van der Waals surface area (Å²) in [4.78, 5) is 8.91. The van der Waals surface area contributed by atoms with Crippen molar-refractivity contribution in [3.63, 3.8) is 0 Å². The average Bonchev–Trinajstić information content (AvgIpc) is 3.24. The van der Waals surface area contributed by atoms with Crippen molar-refractivity contribution in [2.24, 2.45) is 0 Å². The molecule has 0 fully saturated rings. The molecule has 1 aromatic carbocycles. The molecule has 110 valence electrons. The van der Waals surface area contributed by atoms with Gasteiger partial charge in [-0.2, -0.15) is 4.98 Å². The Morgan fingerprint density at radius 1 is 1.09 bits per heavy atom. The molecule has 6 heteroatoms. The van der Waals surface area contributed by atoms with Gasteiger partial charge in [-0.3, -0.25) is 0 Å². The fourth-order valence-corrected chi connectivity index (χ4v) is 2.55. The molecular weight excluding hydrogens is 280 g/mol. The quantitative estimate of drug-likeness (QED) is 0.578. The van der Waals surface area contributed by atoms with Crippen LogP contribution in [0.5, 0.6) is 0 Å². The van der Waals surface area contributed by atoms with Crippen LogP contribution < -0.4 is 0 Å². The van der Waals surface area contributed by atoms with Crippen LogP contribution in [0.2, 0.25) is 0 Å². The Bertz CT molecular complexity index is 905. The second kappa shape index (κ2) is 5.14. The van der Waals surface area contributed by atoms with E-state index in [1.165, 1.54) is 0 Å². The van der Waals surface area contributed by atoms with Gasteiger partial charge >= 0.3 is 0 Å². The Balaban J connectivity index is 1.56. The van der Waals surface area contributed by atoms with Crippen molar-refractivity contribution >= 4 is 11.0 Å². The number of aryl methyl sites for hydroxylation is 3. The van der Waals surface area contributed by atoms with Gasteiger partial charge in [-0.1, -0.05) is 17.3 Å². The lowest BCUT2D eigenvalue weighted by atomic mass is 10.3. The van der Waals surface area contributed by atoms with Crippen LogP contribution in [-0.4, -0.2) is 19.7 Å². The number of hydrogen-bond acceptors (Lipinski definition) is 5. The predicted octanol–water partition coefficient (Wildman–Crippen LogP) is 3.23. The summed E-state index contributed by atoms with van der Waals surface area (Å²) in [6, 6.07) is 11.7. The average molecular weight is 294 g/mol. The summed E-state index contributed by atoms with van der Waals surface area (Å²) >= 11 is 0. The Morgan fingerprint density at radius 3 is 2.86 bits per heavy atom. The number of fused-ring (bicyclic) bond motifs is 1. The number of imidazole rings is 1. The first kappa shape index (κ1) is 12.8. The molecule has 0 aliphatic rings. The van der Waals surface area contributed by atoms with Crippen molar-refractivity contribution in [2.45, 2.75) is 19.9 Å². The molecule has 0 saturated heterocycles. The Labute approximate surface area is 126 Å². The summed E-state index contributed by atoms with van der Waals surface area (Å²) in [5.41, 5.74) is 2.12. The van der Waals surface area contributed by atoms with Gasteiger partial charge in [0.2, 0.25) is 0 Å². The lowest BCUT2D eigenvalue weighted by molar-refractivity contribution is 0.407. The van der Waals surface area contributed by atoms with E-state index in [4.69, 9.17) is 8.94 Å². The van der Waals surface area contributed by atoms with E-state index in [0.29, 0.717) is 23.9 Å².